The van der Waals surface area contributed by atoms with Gasteiger partial charge in [0, 0.05) is 23.0 Å². The van der Waals surface area contributed by atoms with Crippen molar-refractivity contribution in [1.82, 2.24) is 20.4 Å². The molecule has 1 aliphatic heterocycles. The number of ether oxygens (including phenoxy) is 1. The van der Waals surface area contributed by atoms with Crippen molar-refractivity contribution in [1.29, 1.82) is 0 Å². The maximum Gasteiger partial charge on any atom is 0.241 e. The highest BCUT2D eigenvalue weighted by molar-refractivity contribution is 6.36. The molecule has 2 heterocycles. The maximum absolute atomic E-state index is 12.6. The minimum atomic E-state index is 0.00932. The number of benzene rings is 2. The summed E-state index contributed by atoms with van der Waals surface area (Å²) in [5.74, 6) is 1.91. The van der Waals surface area contributed by atoms with Gasteiger partial charge in [0.25, 0.3) is 0 Å². The summed E-state index contributed by atoms with van der Waals surface area (Å²) in [6, 6.07) is 13.0. The van der Waals surface area contributed by atoms with E-state index in [9.17, 15) is 4.79 Å². The second-order valence-electron chi connectivity index (χ2n) is 7.98. The van der Waals surface area contributed by atoms with Crippen LogP contribution in [0.5, 0.6) is 5.75 Å². The Balaban J connectivity index is 1.23. The lowest BCUT2D eigenvalue weighted by Gasteiger charge is -2.30. The number of nitrogens with zero attached hydrogens (tertiary/aromatic N) is 3. The first-order valence-electron chi connectivity index (χ1n) is 11.0. The third-order valence-corrected chi connectivity index (χ3v) is 6.21. The van der Waals surface area contributed by atoms with Crippen molar-refractivity contribution in [2.24, 2.45) is 5.92 Å². The number of rotatable bonds is 8. The molecule has 174 valence electrons. The Bertz CT molecular complexity index is 1080. The van der Waals surface area contributed by atoms with Gasteiger partial charge in [-0.3, -0.25) is 9.69 Å². The summed E-state index contributed by atoms with van der Waals surface area (Å²) >= 11 is 12.2. The van der Waals surface area contributed by atoms with Crippen LogP contribution < -0.4 is 10.1 Å². The Kier molecular flexibility index (Phi) is 7.85. The molecular weight excluding hydrogens is 463 g/mol. The SMILES string of the molecule is CCOc1ccc(CNC(=O)C2CCN(Cc3nc(-c4ccc(Cl)cc4Cl)no3)CC2)cc1. The molecule has 1 fully saturated rings. The highest BCUT2D eigenvalue weighted by atomic mass is 35.5. The summed E-state index contributed by atoms with van der Waals surface area (Å²) in [6.45, 7) is 5.23. The lowest BCUT2D eigenvalue weighted by molar-refractivity contribution is -0.126. The van der Waals surface area contributed by atoms with Crippen LogP contribution in [0.2, 0.25) is 10.0 Å². The van der Waals surface area contributed by atoms with Crippen LogP contribution in [0.25, 0.3) is 11.4 Å². The molecule has 4 rings (SSSR count). The van der Waals surface area contributed by atoms with Crippen LogP contribution >= 0.6 is 23.2 Å². The number of piperidine rings is 1. The highest BCUT2D eigenvalue weighted by Gasteiger charge is 2.26. The second-order valence-corrected chi connectivity index (χ2v) is 8.82. The Morgan fingerprint density at radius 1 is 1.18 bits per heavy atom. The zero-order valence-corrected chi connectivity index (χ0v) is 19.9. The van der Waals surface area contributed by atoms with Crippen molar-refractivity contribution >= 4 is 29.1 Å². The van der Waals surface area contributed by atoms with Gasteiger partial charge in [-0.05, 0) is 68.8 Å². The quantitative estimate of drug-likeness (QED) is 0.481. The fraction of sp³-hybridized carbons (Fsp3) is 0.375. The fourth-order valence-corrected chi connectivity index (χ4v) is 4.34. The van der Waals surface area contributed by atoms with Crippen LogP contribution in [0.4, 0.5) is 0 Å². The molecule has 1 saturated heterocycles. The highest BCUT2D eigenvalue weighted by Crippen LogP contribution is 2.28. The number of hydrogen-bond donors (Lipinski definition) is 1. The monoisotopic (exact) mass is 488 g/mol. The Labute approximate surface area is 203 Å². The molecule has 0 atom stereocenters. The number of amides is 1. The largest absolute Gasteiger partial charge is 0.494 e. The van der Waals surface area contributed by atoms with E-state index >= 15 is 0 Å². The molecule has 9 heteroatoms. The van der Waals surface area contributed by atoms with Crippen molar-refractivity contribution < 1.29 is 14.1 Å². The van der Waals surface area contributed by atoms with Gasteiger partial charge in [0.15, 0.2) is 0 Å². The third-order valence-electron chi connectivity index (χ3n) is 5.66. The lowest BCUT2D eigenvalue weighted by Crippen LogP contribution is -2.40. The van der Waals surface area contributed by atoms with Gasteiger partial charge < -0.3 is 14.6 Å². The van der Waals surface area contributed by atoms with Crippen LogP contribution in [0.3, 0.4) is 0 Å². The average Bonchev–Trinajstić information content (AvgIpc) is 3.27. The lowest BCUT2D eigenvalue weighted by atomic mass is 9.96. The molecule has 0 aliphatic carbocycles. The topological polar surface area (TPSA) is 80.5 Å². The van der Waals surface area contributed by atoms with Gasteiger partial charge in [0.2, 0.25) is 17.6 Å². The number of likely N-dealkylation sites (tertiary alicyclic amines) is 1. The zero-order chi connectivity index (χ0) is 23.2. The molecule has 0 spiro atoms. The third kappa shape index (κ3) is 6.25. The number of carbonyl (C=O) groups is 1. The van der Waals surface area contributed by atoms with Gasteiger partial charge in [-0.2, -0.15) is 4.98 Å². The second kappa shape index (κ2) is 11.0. The summed E-state index contributed by atoms with van der Waals surface area (Å²) in [5.41, 5.74) is 1.73. The van der Waals surface area contributed by atoms with Gasteiger partial charge in [0.1, 0.15) is 5.75 Å². The molecule has 7 nitrogen and oxygen atoms in total. The summed E-state index contributed by atoms with van der Waals surface area (Å²) in [7, 11) is 0. The first-order chi connectivity index (χ1) is 16.0. The van der Waals surface area contributed by atoms with E-state index in [1.54, 1.807) is 18.2 Å². The molecule has 1 amide bonds. The van der Waals surface area contributed by atoms with Crippen molar-refractivity contribution in [2.75, 3.05) is 19.7 Å². The number of carbonyl (C=O) groups excluding carboxylic acids is 1. The number of hydrogen-bond acceptors (Lipinski definition) is 6. The summed E-state index contributed by atoms with van der Waals surface area (Å²) in [4.78, 5) is 19.3. The Morgan fingerprint density at radius 3 is 2.64 bits per heavy atom. The number of aromatic nitrogens is 2. The predicted molar refractivity (Wildman–Crippen MR) is 127 cm³/mol. The summed E-state index contributed by atoms with van der Waals surface area (Å²) in [5, 5.41) is 8.13. The van der Waals surface area contributed by atoms with Crippen molar-refractivity contribution in [3.8, 4) is 17.1 Å². The van der Waals surface area contributed by atoms with Crippen LogP contribution in [-0.2, 0) is 17.9 Å². The molecule has 0 bridgehead atoms. The molecule has 0 saturated carbocycles. The molecule has 2 aromatic carbocycles. The molecule has 33 heavy (non-hydrogen) atoms. The molecule has 0 unspecified atom stereocenters. The van der Waals surface area contributed by atoms with E-state index in [1.807, 2.05) is 31.2 Å². The van der Waals surface area contributed by atoms with E-state index in [0.29, 0.717) is 47.0 Å². The molecule has 0 radical (unpaired) electrons. The van der Waals surface area contributed by atoms with Crippen molar-refractivity contribution in [3.63, 3.8) is 0 Å². The normalized spacial score (nSPS) is 14.9. The van der Waals surface area contributed by atoms with Crippen LogP contribution in [0.1, 0.15) is 31.2 Å². The summed E-state index contributed by atoms with van der Waals surface area (Å²) < 4.78 is 10.9. The van der Waals surface area contributed by atoms with E-state index in [0.717, 1.165) is 37.2 Å². The minimum absolute atomic E-state index is 0.00932. The summed E-state index contributed by atoms with van der Waals surface area (Å²) in [6.07, 6.45) is 1.58. The average molecular weight is 489 g/mol. The standard InChI is InChI=1S/C24H26Cl2N4O3/c1-2-32-19-6-3-16(4-7-19)14-27-24(31)17-9-11-30(12-10-17)15-22-28-23(29-33-22)20-8-5-18(25)13-21(20)26/h3-8,13,17H,2,9-12,14-15H2,1H3,(H,27,31). The molecule has 1 N–H and O–H groups in total. The van der Waals surface area contributed by atoms with E-state index in [2.05, 4.69) is 20.4 Å². The maximum atomic E-state index is 12.6. The number of nitrogens with one attached hydrogen (secondary N) is 1. The first kappa shape index (κ1) is 23.5. The van der Waals surface area contributed by atoms with Gasteiger partial charge in [-0.15, -0.1) is 0 Å². The minimum Gasteiger partial charge on any atom is -0.494 e. The van der Waals surface area contributed by atoms with Gasteiger partial charge in [-0.1, -0.05) is 40.5 Å². The van der Waals surface area contributed by atoms with Gasteiger partial charge in [0.05, 0.1) is 18.2 Å². The van der Waals surface area contributed by atoms with Crippen molar-refractivity contribution in [2.45, 2.75) is 32.9 Å². The van der Waals surface area contributed by atoms with Crippen molar-refractivity contribution in [3.05, 3.63) is 64.0 Å². The molecule has 1 aliphatic rings. The van der Waals surface area contributed by atoms with Crippen LogP contribution in [0, 0.1) is 5.92 Å². The van der Waals surface area contributed by atoms with Gasteiger partial charge in [-0.25, -0.2) is 0 Å². The number of halogens is 2. The molecule has 3 aromatic rings. The predicted octanol–water partition coefficient (Wildman–Crippen LogP) is 4.97. The Morgan fingerprint density at radius 2 is 1.94 bits per heavy atom. The van der Waals surface area contributed by atoms with E-state index < -0.39 is 0 Å². The van der Waals surface area contributed by atoms with E-state index in [-0.39, 0.29) is 11.8 Å². The smallest absolute Gasteiger partial charge is 0.241 e. The van der Waals surface area contributed by atoms with Crippen LogP contribution in [-0.4, -0.2) is 40.6 Å². The van der Waals surface area contributed by atoms with E-state index in [1.165, 1.54) is 0 Å². The Hall–Kier alpha value is -2.61. The molecule has 1 aromatic heterocycles. The fourth-order valence-electron chi connectivity index (χ4n) is 3.85. The zero-order valence-electron chi connectivity index (χ0n) is 18.4. The van der Waals surface area contributed by atoms with Gasteiger partial charge >= 0.3 is 0 Å². The van der Waals surface area contributed by atoms with Crippen LogP contribution in [0.15, 0.2) is 47.0 Å². The van der Waals surface area contributed by atoms with E-state index in [4.69, 9.17) is 32.5 Å². The molecular formula is C24H26Cl2N4O3. The first-order valence-corrected chi connectivity index (χ1v) is 11.8.